The van der Waals surface area contributed by atoms with Gasteiger partial charge in [-0.15, -0.1) is 0 Å². The van der Waals surface area contributed by atoms with Gasteiger partial charge in [0.2, 0.25) is 11.8 Å². The van der Waals surface area contributed by atoms with Gasteiger partial charge in [0.15, 0.2) is 0 Å². The number of nitrogens with zero attached hydrogens (tertiary/aromatic N) is 1. The summed E-state index contributed by atoms with van der Waals surface area (Å²) in [4.78, 5) is 15.3. The molecule has 0 bridgehead atoms. The molecule has 0 aliphatic heterocycles. The molecule has 0 fully saturated rings. The molecule has 0 unspecified atom stereocenters. The zero-order valence-corrected chi connectivity index (χ0v) is 9.53. The number of nitrogens with one attached hydrogen (secondary N) is 2. The van der Waals surface area contributed by atoms with E-state index in [-0.39, 0.29) is 6.03 Å². The van der Waals surface area contributed by atoms with Crippen molar-refractivity contribution in [1.29, 1.82) is 0 Å². The number of ether oxygens (including phenoxy) is 2. The fourth-order valence-corrected chi connectivity index (χ4v) is 1.11. The van der Waals surface area contributed by atoms with E-state index in [0.29, 0.717) is 24.0 Å². The number of rotatable bonds is 4. The van der Waals surface area contributed by atoms with E-state index < -0.39 is 0 Å². The molecule has 0 saturated carbocycles. The average Bonchev–Trinajstić information content (AvgIpc) is 2.30. The number of urea groups is 1. The Morgan fingerprint density at radius 2 is 2.12 bits per heavy atom. The second-order valence-electron chi connectivity index (χ2n) is 2.89. The number of aromatic nitrogens is 1. The lowest BCUT2D eigenvalue weighted by Crippen LogP contribution is -2.28. The molecule has 0 aliphatic rings. The number of carbonyl (C=O) groups is 1. The van der Waals surface area contributed by atoms with Crippen molar-refractivity contribution in [3.8, 4) is 11.8 Å². The third kappa shape index (κ3) is 3.01. The first-order valence-electron chi connectivity index (χ1n) is 4.85. The summed E-state index contributed by atoms with van der Waals surface area (Å²) in [5.41, 5.74) is 0.495. The van der Waals surface area contributed by atoms with Gasteiger partial charge < -0.3 is 20.1 Å². The molecule has 88 valence electrons. The van der Waals surface area contributed by atoms with Crippen molar-refractivity contribution in [1.82, 2.24) is 10.3 Å². The number of methoxy groups -OCH3 is 2. The molecule has 0 saturated heterocycles. The summed E-state index contributed by atoms with van der Waals surface area (Å²) in [6.45, 7) is 2.39. The summed E-state index contributed by atoms with van der Waals surface area (Å²) in [5.74, 6) is 0.740. The highest BCUT2D eigenvalue weighted by Gasteiger charge is 2.09. The first-order valence-corrected chi connectivity index (χ1v) is 4.85. The number of amides is 2. The number of hydrogen-bond acceptors (Lipinski definition) is 4. The fraction of sp³-hybridized carbons (Fsp3) is 0.400. The van der Waals surface area contributed by atoms with E-state index in [1.165, 1.54) is 14.2 Å². The molecular formula is C10H15N3O3. The standard InChI is InChI=1S/C10H15N3O3/c1-4-11-10(14)12-7-5-6-8(15-2)13-9(7)16-3/h5-6H,4H2,1-3H3,(H2,11,12,14). The van der Waals surface area contributed by atoms with Crippen LogP contribution in [0.15, 0.2) is 12.1 Å². The Morgan fingerprint density at radius 3 is 2.69 bits per heavy atom. The van der Waals surface area contributed by atoms with Crippen molar-refractivity contribution in [3.05, 3.63) is 12.1 Å². The highest BCUT2D eigenvalue weighted by Crippen LogP contribution is 2.24. The minimum atomic E-state index is -0.298. The predicted molar refractivity (Wildman–Crippen MR) is 60.0 cm³/mol. The molecule has 6 heteroatoms. The van der Waals surface area contributed by atoms with E-state index >= 15 is 0 Å². The van der Waals surface area contributed by atoms with E-state index in [2.05, 4.69) is 15.6 Å². The van der Waals surface area contributed by atoms with Crippen molar-refractivity contribution in [2.75, 3.05) is 26.1 Å². The predicted octanol–water partition coefficient (Wildman–Crippen LogP) is 1.24. The smallest absolute Gasteiger partial charge is 0.319 e. The maximum atomic E-state index is 11.3. The van der Waals surface area contributed by atoms with Crippen LogP contribution in [0.5, 0.6) is 11.8 Å². The van der Waals surface area contributed by atoms with Gasteiger partial charge in [0.1, 0.15) is 5.69 Å². The molecule has 0 radical (unpaired) electrons. The topological polar surface area (TPSA) is 72.5 Å². The summed E-state index contributed by atoms with van der Waals surface area (Å²) in [7, 11) is 2.99. The van der Waals surface area contributed by atoms with Gasteiger partial charge in [-0.2, -0.15) is 4.98 Å². The van der Waals surface area contributed by atoms with Crippen LogP contribution in [-0.2, 0) is 0 Å². The van der Waals surface area contributed by atoms with Crippen molar-refractivity contribution >= 4 is 11.7 Å². The molecule has 0 aromatic carbocycles. The second kappa shape index (κ2) is 5.79. The third-order valence-corrected chi connectivity index (χ3v) is 1.82. The molecule has 1 rings (SSSR count). The maximum absolute atomic E-state index is 11.3. The van der Waals surface area contributed by atoms with E-state index in [9.17, 15) is 4.79 Å². The van der Waals surface area contributed by atoms with Crippen LogP contribution in [-0.4, -0.2) is 31.8 Å². The summed E-state index contributed by atoms with van der Waals surface area (Å²) >= 11 is 0. The van der Waals surface area contributed by atoms with Crippen LogP contribution in [0.4, 0.5) is 10.5 Å². The van der Waals surface area contributed by atoms with Crippen LogP contribution in [0.2, 0.25) is 0 Å². The Hall–Kier alpha value is -1.98. The fourth-order valence-electron chi connectivity index (χ4n) is 1.11. The summed E-state index contributed by atoms with van der Waals surface area (Å²) in [6.07, 6.45) is 0. The Bertz CT molecular complexity index is 368. The van der Waals surface area contributed by atoms with Crippen LogP contribution in [0, 0.1) is 0 Å². The molecule has 0 atom stereocenters. The normalized spacial score (nSPS) is 9.44. The van der Waals surface area contributed by atoms with Crippen molar-refractivity contribution < 1.29 is 14.3 Å². The van der Waals surface area contributed by atoms with Gasteiger partial charge in [0, 0.05) is 12.6 Å². The Morgan fingerprint density at radius 1 is 1.38 bits per heavy atom. The lowest BCUT2D eigenvalue weighted by molar-refractivity contribution is 0.252. The van der Waals surface area contributed by atoms with Crippen molar-refractivity contribution in [2.45, 2.75) is 6.92 Å². The zero-order chi connectivity index (χ0) is 12.0. The van der Waals surface area contributed by atoms with Crippen LogP contribution < -0.4 is 20.1 Å². The third-order valence-electron chi connectivity index (χ3n) is 1.82. The van der Waals surface area contributed by atoms with E-state index in [1.54, 1.807) is 12.1 Å². The lowest BCUT2D eigenvalue weighted by Gasteiger charge is -2.10. The molecule has 16 heavy (non-hydrogen) atoms. The van der Waals surface area contributed by atoms with Crippen LogP contribution in [0.25, 0.3) is 0 Å². The molecule has 0 spiro atoms. The maximum Gasteiger partial charge on any atom is 0.319 e. The minimum Gasteiger partial charge on any atom is -0.481 e. The second-order valence-corrected chi connectivity index (χ2v) is 2.89. The Balaban J connectivity index is 2.83. The molecule has 6 nitrogen and oxygen atoms in total. The van der Waals surface area contributed by atoms with Gasteiger partial charge in [0.25, 0.3) is 0 Å². The first kappa shape index (κ1) is 12.1. The van der Waals surface area contributed by atoms with Gasteiger partial charge in [-0.25, -0.2) is 4.79 Å². The quantitative estimate of drug-likeness (QED) is 0.808. The number of carbonyl (C=O) groups excluding carboxylic acids is 1. The van der Waals surface area contributed by atoms with Gasteiger partial charge in [-0.3, -0.25) is 0 Å². The number of pyridine rings is 1. The molecule has 2 N–H and O–H groups in total. The molecule has 0 aliphatic carbocycles. The summed E-state index contributed by atoms with van der Waals surface area (Å²) in [6, 6.07) is 3.01. The van der Waals surface area contributed by atoms with Gasteiger partial charge in [-0.05, 0) is 13.0 Å². The highest BCUT2D eigenvalue weighted by atomic mass is 16.5. The van der Waals surface area contributed by atoms with Crippen molar-refractivity contribution in [2.24, 2.45) is 0 Å². The Kier molecular flexibility index (Phi) is 4.38. The van der Waals surface area contributed by atoms with Crippen LogP contribution in [0.3, 0.4) is 0 Å². The van der Waals surface area contributed by atoms with Gasteiger partial charge in [0.05, 0.1) is 14.2 Å². The number of hydrogen-bond donors (Lipinski definition) is 2. The highest BCUT2D eigenvalue weighted by molar-refractivity contribution is 5.90. The first-order chi connectivity index (χ1) is 7.71. The monoisotopic (exact) mass is 225 g/mol. The van der Waals surface area contributed by atoms with E-state index in [1.807, 2.05) is 6.92 Å². The molecule has 1 aromatic rings. The van der Waals surface area contributed by atoms with Gasteiger partial charge >= 0.3 is 6.03 Å². The molecule has 1 aromatic heterocycles. The lowest BCUT2D eigenvalue weighted by atomic mass is 10.4. The van der Waals surface area contributed by atoms with E-state index in [4.69, 9.17) is 9.47 Å². The average molecular weight is 225 g/mol. The Labute approximate surface area is 94.0 Å². The molecule has 1 heterocycles. The SMILES string of the molecule is CCNC(=O)Nc1ccc(OC)nc1OC. The number of anilines is 1. The largest absolute Gasteiger partial charge is 0.481 e. The van der Waals surface area contributed by atoms with Crippen LogP contribution >= 0.6 is 0 Å². The minimum absolute atomic E-state index is 0.298. The molecule has 2 amide bonds. The zero-order valence-electron chi connectivity index (χ0n) is 9.53. The van der Waals surface area contributed by atoms with Crippen LogP contribution in [0.1, 0.15) is 6.92 Å². The summed E-state index contributed by atoms with van der Waals surface area (Å²) < 4.78 is 9.98. The molecular weight excluding hydrogens is 210 g/mol. The van der Waals surface area contributed by atoms with Crippen molar-refractivity contribution in [3.63, 3.8) is 0 Å². The summed E-state index contributed by atoms with van der Waals surface area (Å²) in [5, 5.41) is 5.23. The van der Waals surface area contributed by atoms with E-state index in [0.717, 1.165) is 0 Å². The van der Waals surface area contributed by atoms with Gasteiger partial charge in [-0.1, -0.05) is 0 Å².